The number of nitro groups is 1. The second-order valence-corrected chi connectivity index (χ2v) is 37.5. The molecule has 0 aromatic carbocycles. The smallest absolute Gasteiger partial charge is 0.408 e. The first kappa shape index (κ1) is 131. The molecule has 1 saturated heterocycles. The predicted octanol–water partition coefficient (Wildman–Crippen LogP) is 11.9. The van der Waals surface area contributed by atoms with Gasteiger partial charge in [0.1, 0.15) is 46.7 Å². The van der Waals surface area contributed by atoms with Gasteiger partial charge in [-0.05, 0) is 206 Å². The number of nitrogens with two attached hydrogens (primary N) is 5. The summed E-state index contributed by atoms with van der Waals surface area (Å²) >= 11 is 0. The lowest BCUT2D eigenvalue weighted by Crippen LogP contribution is -2.44. The van der Waals surface area contributed by atoms with Crippen LogP contribution in [0.5, 0.6) is 0 Å². The van der Waals surface area contributed by atoms with Gasteiger partial charge in [-0.15, -0.1) is 0 Å². The van der Waals surface area contributed by atoms with Gasteiger partial charge in [-0.25, -0.2) is 37.1 Å². The summed E-state index contributed by atoms with van der Waals surface area (Å²) in [6, 6.07) is -4.29. The maximum atomic E-state index is 11.7. The van der Waals surface area contributed by atoms with Gasteiger partial charge in [-0.2, -0.15) is 0 Å². The van der Waals surface area contributed by atoms with Crippen molar-refractivity contribution in [1.82, 2.24) is 20.7 Å². The number of aliphatic carboxylic acids is 1. The summed E-state index contributed by atoms with van der Waals surface area (Å²) in [6.07, 6.45) is 8.45. The molecule has 1 aliphatic heterocycles. The quantitative estimate of drug-likeness (QED) is 0.0118. The van der Waals surface area contributed by atoms with Gasteiger partial charge in [0.2, 0.25) is 15.9 Å². The summed E-state index contributed by atoms with van der Waals surface area (Å²) in [5.41, 5.74) is 26.5. The number of rotatable bonds is 39. The number of ether oxygens (including phenoxy) is 6. The summed E-state index contributed by atoms with van der Waals surface area (Å²) in [7, 11) is -3.28. The van der Waals surface area contributed by atoms with Crippen LogP contribution in [0.25, 0.3) is 0 Å². The number of carbonyl (C=O) groups is 11. The Balaban J connectivity index is -0.000000163. The lowest BCUT2D eigenvalue weighted by molar-refractivity contribution is -0.512. The largest absolute Gasteiger partial charge is 0.480 e. The molecule has 0 aromatic heterocycles. The SMILES string of the molecule is CC(=O)C(CC(C)C)NS(C)(=O)=O.CC(=O)C(N)CC(C)C.CC(=O)C(N)CC(C)C.CC(C)CC(N)C(=O)NCCO.CC(C)CC(NC(=O)OC(C)(C)C)C(=O)O.CC(C)CC1COC(=O)C1.CCC(N)CC(C)C.CCOC(=O)C(CC(C)C)NC(=O)OC(C)(C)C.CCOC(=O)C(CC(C)C)[N+](=O)[O-].CCOC(=O)C(N)CC(C)C. The van der Waals surface area contributed by atoms with Crippen LogP contribution in [0.3, 0.4) is 0 Å². The zero-order valence-corrected chi connectivity index (χ0v) is 80.8. The topological polar surface area (TPSA) is 539 Å². The first-order chi connectivity index (χ1) is 54.0. The van der Waals surface area contributed by atoms with E-state index in [4.69, 9.17) is 62.6 Å². The van der Waals surface area contributed by atoms with Crippen LogP contribution >= 0.6 is 0 Å². The third-order valence-electron chi connectivity index (χ3n) is 15.0. The number of carboxylic acids is 1. The first-order valence-corrected chi connectivity index (χ1v) is 44.1. The number of ketones is 3. The van der Waals surface area contributed by atoms with Gasteiger partial charge in [-0.1, -0.05) is 145 Å². The van der Waals surface area contributed by atoms with Gasteiger partial charge in [0.15, 0.2) is 0 Å². The minimum absolute atomic E-state index is 0.0225. The number of nitrogens with one attached hydrogen (secondary N) is 4. The Hall–Kier alpha value is -6.56. The highest BCUT2D eigenvalue weighted by atomic mass is 32.2. The molecular formula is C85H174N10O23S. The number of sulfonamides is 1. The van der Waals surface area contributed by atoms with Gasteiger partial charge in [0.25, 0.3) is 0 Å². The second kappa shape index (κ2) is 74.1. The van der Waals surface area contributed by atoms with Gasteiger partial charge >= 0.3 is 48.1 Å². The number of nitrogens with zero attached hydrogens (tertiary/aromatic N) is 1. The van der Waals surface area contributed by atoms with Crippen molar-refractivity contribution in [2.75, 3.05) is 45.8 Å². The van der Waals surface area contributed by atoms with E-state index in [0.29, 0.717) is 106 Å². The summed E-state index contributed by atoms with van der Waals surface area (Å²) in [5, 5.41) is 35.2. The fourth-order valence-corrected chi connectivity index (χ4v) is 10.6. The van der Waals surface area contributed by atoms with Crippen LogP contribution < -0.4 is 49.3 Å². The van der Waals surface area contributed by atoms with Crippen LogP contribution in [-0.4, -0.2) is 200 Å². The van der Waals surface area contributed by atoms with Crippen molar-refractivity contribution in [3.05, 3.63) is 10.1 Å². The Labute approximate surface area is 718 Å². The summed E-state index contributed by atoms with van der Waals surface area (Å²) in [4.78, 5) is 131. The molecule has 1 rings (SSSR count). The van der Waals surface area contributed by atoms with Crippen molar-refractivity contribution in [3.63, 3.8) is 0 Å². The Kier molecular flexibility index (Phi) is 81.3. The van der Waals surface area contributed by atoms with E-state index in [0.717, 1.165) is 44.3 Å². The van der Waals surface area contributed by atoms with Crippen molar-refractivity contribution in [2.24, 2.45) is 93.8 Å². The molecule has 119 heavy (non-hydrogen) atoms. The number of hydrogen-bond donors (Lipinski definition) is 11. The van der Waals surface area contributed by atoms with E-state index >= 15 is 0 Å². The molecule has 0 aromatic rings. The molecule has 1 aliphatic rings. The van der Waals surface area contributed by atoms with Crippen molar-refractivity contribution < 1.29 is 105 Å². The number of carbonyl (C=O) groups excluding carboxylic acids is 10. The monoisotopic (exact) mass is 1740 g/mol. The van der Waals surface area contributed by atoms with E-state index in [1.165, 1.54) is 20.8 Å². The van der Waals surface area contributed by atoms with Crippen molar-refractivity contribution in [1.29, 1.82) is 0 Å². The fraction of sp³-hybridized carbons (Fsp3) is 0.871. The molecule has 10 unspecified atom stereocenters. The number of aliphatic hydroxyl groups excluding tert-OH is 1. The molecule has 0 saturated carbocycles. The highest BCUT2D eigenvalue weighted by Crippen LogP contribution is 2.22. The minimum Gasteiger partial charge on any atom is -0.480 e. The summed E-state index contributed by atoms with van der Waals surface area (Å²) < 4.78 is 53.2. The van der Waals surface area contributed by atoms with Crippen molar-refractivity contribution in [3.8, 4) is 0 Å². The lowest BCUT2D eigenvalue weighted by atomic mass is 9.97. The zero-order valence-electron chi connectivity index (χ0n) is 80.0. The van der Waals surface area contributed by atoms with E-state index in [-0.39, 0.29) is 91.2 Å². The molecule has 0 spiro atoms. The molecular weight excluding hydrogens is 1560 g/mol. The summed E-state index contributed by atoms with van der Waals surface area (Å²) in [6.45, 7) is 64.4. The number of esters is 4. The van der Waals surface area contributed by atoms with E-state index in [1.807, 2.05) is 83.1 Å². The fourth-order valence-electron chi connectivity index (χ4n) is 9.78. The van der Waals surface area contributed by atoms with E-state index in [1.54, 1.807) is 62.3 Å². The Bertz CT molecular complexity index is 2820. The molecule has 33 nitrogen and oxygen atoms in total. The molecule has 0 aliphatic carbocycles. The number of amides is 3. The van der Waals surface area contributed by atoms with Crippen LogP contribution in [0, 0.1) is 75.2 Å². The molecule has 3 amide bonds. The maximum Gasteiger partial charge on any atom is 0.408 e. The highest BCUT2D eigenvalue weighted by Gasteiger charge is 2.33. The molecule has 1 fully saturated rings. The number of carboxylic acid groups (broad SMARTS) is 1. The van der Waals surface area contributed by atoms with E-state index < -0.39 is 92.5 Å². The second-order valence-electron chi connectivity index (χ2n) is 35.7. The number of hydrogen-bond acceptors (Lipinski definition) is 27. The molecule has 708 valence electrons. The standard InChI is InChI=1S/C13H25NO4.C11H21NO4.C8H18N2O2.C8H15NO4.C8H17NO3S.C8H17NO2.C8H14O2.2C7H15NO.C7H17N/c1-7-17-11(15)10(8-9(2)3)14-12(16)18-13(4,5)6;1-7(2)6-8(9(13)14)12-10(15)16-11(3,4)5;1-6(2)5-7(9)8(12)10-3-4-11;1-4-13-8(10)7(9(11)12)5-6(2)3;1-6(2)5-8(7(3)10)9-13(4,11)12;1-4-11-8(10)7(9)5-6(2)3;1-6(2)3-7-4-8(9)10-5-7;2*1-5(2)4-7(8)6(3)9;1-4-7(8)5-6(2)3/h9-10H,7-8H2,1-6H3,(H,14,16);7-8H,6H2,1-5H3,(H,12,15)(H,13,14);6-7,11H,3-5,9H2,1-2H3,(H,10,12);6-7H,4-5H2,1-3H3;6,8-9H,5H2,1-4H3;6-7H,4-5,9H2,1-3H3;6-7H,3-5H2,1-2H3;2*5,7H,4,8H2,1-3H3;6-7H,4-5,8H2,1-3H3. The highest BCUT2D eigenvalue weighted by molar-refractivity contribution is 7.88. The zero-order chi connectivity index (χ0) is 95.8. The van der Waals surface area contributed by atoms with Gasteiger partial charge in [0, 0.05) is 29.8 Å². The lowest BCUT2D eigenvalue weighted by Gasteiger charge is -2.23. The third kappa shape index (κ3) is 98.4. The van der Waals surface area contributed by atoms with Crippen molar-refractivity contribution in [2.45, 2.75) is 371 Å². The minimum atomic E-state index is -3.28. The average Bonchev–Trinajstić information content (AvgIpc) is 1.36. The summed E-state index contributed by atoms with van der Waals surface area (Å²) in [5.74, 6) is 2.03. The molecule has 1 heterocycles. The van der Waals surface area contributed by atoms with E-state index in [2.05, 4.69) is 87.7 Å². The van der Waals surface area contributed by atoms with Crippen molar-refractivity contribution >= 4 is 75.3 Å². The van der Waals surface area contributed by atoms with Crippen LogP contribution in [0.1, 0.15) is 306 Å². The van der Waals surface area contributed by atoms with Crippen LogP contribution in [-0.2, 0) is 81.6 Å². The Morgan fingerprint density at radius 1 is 0.496 bits per heavy atom. The normalized spacial score (nSPS) is 14.5. The predicted molar refractivity (Wildman–Crippen MR) is 472 cm³/mol. The van der Waals surface area contributed by atoms with Crippen LogP contribution in [0.4, 0.5) is 9.59 Å². The average molecular weight is 1740 g/mol. The molecule has 0 bridgehead atoms. The number of cyclic esters (lactones) is 1. The number of alkyl carbamates (subject to hydrolysis) is 2. The molecule has 16 N–H and O–H groups in total. The Morgan fingerprint density at radius 2 is 0.832 bits per heavy atom. The Morgan fingerprint density at radius 3 is 1.10 bits per heavy atom. The molecule has 34 heteroatoms. The number of Topliss-reactive ketones (excluding diaryl/α,β-unsaturated/α-hetero) is 3. The van der Waals surface area contributed by atoms with E-state index in [9.17, 15) is 71.3 Å². The number of aliphatic hydroxyl groups is 1. The third-order valence-corrected chi connectivity index (χ3v) is 15.8. The van der Waals surface area contributed by atoms with Crippen LogP contribution in [0.15, 0.2) is 0 Å². The maximum absolute atomic E-state index is 11.7. The van der Waals surface area contributed by atoms with Gasteiger partial charge < -0.3 is 83.3 Å². The molecule has 0 radical (unpaired) electrons. The first-order valence-electron chi connectivity index (χ1n) is 42.2. The van der Waals surface area contributed by atoms with Crippen LogP contribution in [0.2, 0.25) is 0 Å². The van der Waals surface area contributed by atoms with Gasteiger partial charge in [-0.3, -0.25) is 38.9 Å². The molecule has 10 atom stereocenters. The van der Waals surface area contributed by atoms with Gasteiger partial charge in [0.05, 0.1) is 69.9 Å².